The Morgan fingerprint density at radius 2 is 1.83 bits per heavy atom. The predicted molar refractivity (Wildman–Crippen MR) is 90.3 cm³/mol. The lowest BCUT2D eigenvalue weighted by molar-refractivity contribution is 0.280. The van der Waals surface area contributed by atoms with E-state index in [0.29, 0.717) is 24.8 Å². The van der Waals surface area contributed by atoms with E-state index in [4.69, 9.17) is 9.47 Å². The molecule has 0 spiro atoms. The number of para-hydroxylation sites is 1. The van der Waals surface area contributed by atoms with Crippen molar-refractivity contribution in [3.05, 3.63) is 59.4 Å². The Bertz CT molecular complexity index is 611. The van der Waals surface area contributed by atoms with Gasteiger partial charge in [-0.25, -0.2) is 4.39 Å². The van der Waals surface area contributed by atoms with Crippen molar-refractivity contribution in [3.8, 4) is 11.5 Å². The second kappa shape index (κ2) is 8.53. The number of halogens is 1. The molecule has 0 aliphatic carbocycles. The van der Waals surface area contributed by atoms with Gasteiger partial charge in [0.2, 0.25) is 0 Å². The highest BCUT2D eigenvalue weighted by atomic mass is 19.1. The fraction of sp³-hybridized carbons (Fsp3) is 0.368. The van der Waals surface area contributed by atoms with Crippen LogP contribution in [0.4, 0.5) is 4.39 Å². The van der Waals surface area contributed by atoms with E-state index >= 15 is 0 Å². The smallest absolute Gasteiger partial charge is 0.166 e. The van der Waals surface area contributed by atoms with Crippen LogP contribution in [0.1, 0.15) is 25.0 Å². The fourth-order valence-electron chi connectivity index (χ4n) is 2.26. The molecule has 1 N–H and O–H groups in total. The summed E-state index contributed by atoms with van der Waals surface area (Å²) in [6, 6.07) is 12.2. The molecule has 0 heterocycles. The number of nitrogens with one attached hydrogen (secondary N) is 1. The van der Waals surface area contributed by atoms with Crippen molar-refractivity contribution in [2.24, 2.45) is 5.92 Å². The molecular weight excluding hydrogens is 293 g/mol. The van der Waals surface area contributed by atoms with Crippen LogP contribution in [-0.2, 0) is 13.2 Å². The number of rotatable bonds is 8. The Morgan fingerprint density at radius 3 is 2.48 bits per heavy atom. The van der Waals surface area contributed by atoms with Crippen molar-refractivity contribution in [2.45, 2.75) is 27.0 Å². The Balaban J connectivity index is 2.09. The monoisotopic (exact) mass is 317 g/mol. The molecule has 2 aromatic rings. The molecule has 2 aromatic carbocycles. The zero-order chi connectivity index (χ0) is 16.7. The number of ether oxygens (including phenoxy) is 2. The summed E-state index contributed by atoms with van der Waals surface area (Å²) < 4.78 is 24.3. The minimum Gasteiger partial charge on any atom is -0.493 e. The molecular formula is C19H24FNO2. The van der Waals surface area contributed by atoms with Crippen LogP contribution in [0, 0.1) is 11.7 Å². The van der Waals surface area contributed by atoms with Crippen LogP contribution in [0.2, 0.25) is 0 Å². The SMILES string of the molecule is COc1cccc(CNCC(C)C)c1OCc1ccc(F)cc1. The molecule has 0 fully saturated rings. The van der Waals surface area contributed by atoms with E-state index in [1.807, 2.05) is 18.2 Å². The van der Waals surface area contributed by atoms with Gasteiger partial charge in [0.05, 0.1) is 7.11 Å². The summed E-state index contributed by atoms with van der Waals surface area (Å²) in [4.78, 5) is 0. The zero-order valence-corrected chi connectivity index (χ0v) is 13.9. The zero-order valence-electron chi connectivity index (χ0n) is 13.9. The van der Waals surface area contributed by atoms with Gasteiger partial charge in [0.15, 0.2) is 11.5 Å². The van der Waals surface area contributed by atoms with Crippen LogP contribution < -0.4 is 14.8 Å². The summed E-state index contributed by atoms with van der Waals surface area (Å²) in [5.41, 5.74) is 1.96. The van der Waals surface area contributed by atoms with Gasteiger partial charge in [-0.05, 0) is 36.2 Å². The maximum atomic E-state index is 13.0. The molecule has 3 nitrogen and oxygen atoms in total. The van der Waals surface area contributed by atoms with Crippen LogP contribution >= 0.6 is 0 Å². The number of hydrogen-bond donors (Lipinski definition) is 1. The molecule has 0 aliphatic rings. The highest BCUT2D eigenvalue weighted by molar-refractivity contribution is 5.46. The quantitative estimate of drug-likeness (QED) is 0.793. The molecule has 0 saturated carbocycles. The van der Waals surface area contributed by atoms with Gasteiger partial charge in [-0.1, -0.05) is 38.1 Å². The molecule has 0 aliphatic heterocycles. The molecule has 124 valence electrons. The third kappa shape index (κ3) is 5.25. The summed E-state index contributed by atoms with van der Waals surface area (Å²) in [6.07, 6.45) is 0. The minimum absolute atomic E-state index is 0.246. The summed E-state index contributed by atoms with van der Waals surface area (Å²) >= 11 is 0. The van der Waals surface area contributed by atoms with Crippen molar-refractivity contribution in [1.82, 2.24) is 5.32 Å². The van der Waals surface area contributed by atoms with Crippen molar-refractivity contribution in [3.63, 3.8) is 0 Å². The van der Waals surface area contributed by atoms with Gasteiger partial charge in [-0.15, -0.1) is 0 Å². The lowest BCUT2D eigenvalue weighted by Gasteiger charge is -2.16. The highest BCUT2D eigenvalue weighted by Crippen LogP contribution is 2.31. The Labute approximate surface area is 137 Å². The van der Waals surface area contributed by atoms with E-state index < -0.39 is 0 Å². The first kappa shape index (κ1) is 17.3. The summed E-state index contributed by atoms with van der Waals surface area (Å²) in [5, 5.41) is 3.41. The van der Waals surface area contributed by atoms with Crippen LogP contribution in [-0.4, -0.2) is 13.7 Å². The molecule has 4 heteroatoms. The molecule has 0 bridgehead atoms. The first-order chi connectivity index (χ1) is 11.1. The number of methoxy groups -OCH3 is 1. The second-order valence-electron chi connectivity index (χ2n) is 5.89. The number of hydrogen-bond acceptors (Lipinski definition) is 3. The lowest BCUT2D eigenvalue weighted by Crippen LogP contribution is -2.19. The van der Waals surface area contributed by atoms with Gasteiger partial charge in [0.1, 0.15) is 12.4 Å². The van der Waals surface area contributed by atoms with E-state index in [1.165, 1.54) is 12.1 Å². The van der Waals surface area contributed by atoms with E-state index in [2.05, 4.69) is 19.2 Å². The molecule has 23 heavy (non-hydrogen) atoms. The van der Waals surface area contributed by atoms with Crippen molar-refractivity contribution < 1.29 is 13.9 Å². The first-order valence-electron chi connectivity index (χ1n) is 7.84. The van der Waals surface area contributed by atoms with E-state index in [1.54, 1.807) is 19.2 Å². The standard InChI is InChI=1S/C19H24FNO2/c1-14(2)11-21-12-16-5-4-6-18(22-3)19(16)23-13-15-7-9-17(20)10-8-15/h4-10,14,21H,11-13H2,1-3H3. The Morgan fingerprint density at radius 1 is 1.09 bits per heavy atom. The van der Waals surface area contributed by atoms with E-state index in [-0.39, 0.29) is 5.82 Å². The fourth-order valence-corrected chi connectivity index (χ4v) is 2.26. The lowest BCUT2D eigenvalue weighted by atomic mass is 10.1. The second-order valence-corrected chi connectivity index (χ2v) is 5.89. The molecule has 0 unspecified atom stereocenters. The van der Waals surface area contributed by atoms with Gasteiger partial charge in [-0.3, -0.25) is 0 Å². The van der Waals surface area contributed by atoms with Gasteiger partial charge in [0, 0.05) is 12.1 Å². The summed E-state index contributed by atoms with van der Waals surface area (Å²) in [7, 11) is 1.63. The maximum Gasteiger partial charge on any atom is 0.166 e. The minimum atomic E-state index is -0.246. The third-order valence-electron chi connectivity index (χ3n) is 3.44. The number of benzene rings is 2. The average molecular weight is 317 g/mol. The molecule has 0 atom stereocenters. The van der Waals surface area contributed by atoms with Crippen molar-refractivity contribution in [2.75, 3.05) is 13.7 Å². The summed E-state index contributed by atoms with van der Waals surface area (Å²) in [5.74, 6) is 1.78. The largest absolute Gasteiger partial charge is 0.493 e. The Kier molecular flexibility index (Phi) is 6.41. The third-order valence-corrected chi connectivity index (χ3v) is 3.44. The average Bonchev–Trinajstić information content (AvgIpc) is 2.54. The van der Waals surface area contributed by atoms with E-state index in [0.717, 1.165) is 23.4 Å². The van der Waals surface area contributed by atoms with Gasteiger partial charge in [0.25, 0.3) is 0 Å². The van der Waals surface area contributed by atoms with Gasteiger partial charge < -0.3 is 14.8 Å². The normalized spacial score (nSPS) is 10.8. The van der Waals surface area contributed by atoms with Crippen LogP contribution in [0.3, 0.4) is 0 Å². The van der Waals surface area contributed by atoms with Crippen molar-refractivity contribution >= 4 is 0 Å². The summed E-state index contributed by atoms with van der Waals surface area (Å²) in [6.45, 7) is 6.37. The molecule has 0 aromatic heterocycles. The molecule has 0 saturated heterocycles. The van der Waals surface area contributed by atoms with Crippen LogP contribution in [0.25, 0.3) is 0 Å². The highest BCUT2D eigenvalue weighted by Gasteiger charge is 2.11. The van der Waals surface area contributed by atoms with Crippen LogP contribution in [0.15, 0.2) is 42.5 Å². The first-order valence-corrected chi connectivity index (χ1v) is 7.84. The Hall–Kier alpha value is -2.07. The van der Waals surface area contributed by atoms with Crippen molar-refractivity contribution in [1.29, 1.82) is 0 Å². The van der Waals surface area contributed by atoms with Crippen LogP contribution in [0.5, 0.6) is 11.5 Å². The predicted octanol–water partition coefficient (Wildman–Crippen LogP) is 4.16. The maximum absolute atomic E-state index is 13.0. The van der Waals surface area contributed by atoms with E-state index in [9.17, 15) is 4.39 Å². The molecule has 2 rings (SSSR count). The van der Waals surface area contributed by atoms with Gasteiger partial charge >= 0.3 is 0 Å². The van der Waals surface area contributed by atoms with Gasteiger partial charge in [-0.2, -0.15) is 0 Å². The topological polar surface area (TPSA) is 30.5 Å². The molecule has 0 amide bonds. The molecule has 0 radical (unpaired) electrons.